The van der Waals surface area contributed by atoms with Gasteiger partial charge < -0.3 is 14.6 Å². The van der Waals surface area contributed by atoms with Crippen molar-refractivity contribution in [3.05, 3.63) is 40.9 Å². The summed E-state index contributed by atoms with van der Waals surface area (Å²) in [7, 11) is 0. The van der Waals surface area contributed by atoms with Crippen LogP contribution in [0.15, 0.2) is 33.8 Å². The minimum atomic E-state index is -1.20. The maximum atomic E-state index is 11.0. The Hall–Kier alpha value is -2.30. The lowest BCUT2D eigenvalue weighted by molar-refractivity contribution is -0.132. The van der Waals surface area contributed by atoms with E-state index in [0.717, 1.165) is 6.08 Å². The van der Waals surface area contributed by atoms with Crippen molar-refractivity contribution >= 4 is 18.0 Å². The SMILES string of the molecule is CC(=CC(=O)O)C(=Cc1ccc(C)o1)C(=O)O. The monoisotopic (exact) mass is 236 g/mol. The van der Waals surface area contributed by atoms with Crippen molar-refractivity contribution in [3.63, 3.8) is 0 Å². The maximum absolute atomic E-state index is 11.0. The molecule has 0 fully saturated rings. The van der Waals surface area contributed by atoms with Crippen LogP contribution in [0.4, 0.5) is 0 Å². The lowest BCUT2D eigenvalue weighted by Gasteiger charge is -2.00. The Morgan fingerprint density at radius 1 is 1.29 bits per heavy atom. The molecule has 0 spiro atoms. The molecule has 0 atom stereocenters. The van der Waals surface area contributed by atoms with Crippen LogP contribution in [-0.2, 0) is 9.59 Å². The van der Waals surface area contributed by atoms with E-state index in [0.29, 0.717) is 11.5 Å². The fourth-order valence-corrected chi connectivity index (χ4v) is 1.28. The summed E-state index contributed by atoms with van der Waals surface area (Å²) in [6, 6.07) is 3.31. The van der Waals surface area contributed by atoms with Gasteiger partial charge in [-0.1, -0.05) is 0 Å². The second-order valence-corrected chi connectivity index (χ2v) is 3.48. The van der Waals surface area contributed by atoms with Crippen LogP contribution >= 0.6 is 0 Å². The van der Waals surface area contributed by atoms with Gasteiger partial charge in [0.25, 0.3) is 0 Å². The number of hydrogen-bond acceptors (Lipinski definition) is 3. The summed E-state index contributed by atoms with van der Waals surface area (Å²) in [5.74, 6) is -1.36. The highest BCUT2D eigenvalue weighted by Gasteiger charge is 2.12. The molecule has 1 heterocycles. The van der Waals surface area contributed by atoms with Crippen molar-refractivity contribution in [2.24, 2.45) is 0 Å². The van der Waals surface area contributed by atoms with Crippen LogP contribution in [-0.4, -0.2) is 22.2 Å². The van der Waals surface area contributed by atoms with Crippen LogP contribution in [0.3, 0.4) is 0 Å². The number of aliphatic carboxylic acids is 2. The smallest absolute Gasteiger partial charge is 0.336 e. The number of carbonyl (C=O) groups is 2. The number of carboxylic acid groups (broad SMARTS) is 2. The highest BCUT2D eigenvalue weighted by Crippen LogP contribution is 2.16. The van der Waals surface area contributed by atoms with Gasteiger partial charge in [-0.3, -0.25) is 0 Å². The number of rotatable bonds is 4. The Labute approximate surface area is 97.7 Å². The molecule has 1 rings (SSSR count). The third-order valence-electron chi connectivity index (χ3n) is 2.04. The minimum absolute atomic E-state index is 0.109. The van der Waals surface area contributed by atoms with Crippen molar-refractivity contribution in [3.8, 4) is 0 Å². The average Bonchev–Trinajstić information content (AvgIpc) is 2.58. The van der Waals surface area contributed by atoms with E-state index in [1.165, 1.54) is 13.0 Å². The van der Waals surface area contributed by atoms with E-state index in [2.05, 4.69) is 0 Å². The second-order valence-electron chi connectivity index (χ2n) is 3.48. The van der Waals surface area contributed by atoms with Gasteiger partial charge in [-0.2, -0.15) is 0 Å². The molecule has 0 aliphatic heterocycles. The van der Waals surface area contributed by atoms with E-state index in [9.17, 15) is 9.59 Å². The molecular formula is C12H12O5. The first-order valence-electron chi connectivity index (χ1n) is 4.83. The fourth-order valence-electron chi connectivity index (χ4n) is 1.28. The van der Waals surface area contributed by atoms with Gasteiger partial charge in [0.2, 0.25) is 0 Å². The van der Waals surface area contributed by atoms with E-state index in [1.807, 2.05) is 0 Å². The molecule has 0 amide bonds. The Morgan fingerprint density at radius 2 is 1.94 bits per heavy atom. The van der Waals surface area contributed by atoms with Gasteiger partial charge in [0.15, 0.2) is 0 Å². The highest BCUT2D eigenvalue weighted by atomic mass is 16.4. The molecule has 17 heavy (non-hydrogen) atoms. The van der Waals surface area contributed by atoms with E-state index in [1.54, 1.807) is 19.1 Å². The number of furan rings is 1. The summed E-state index contributed by atoms with van der Waals surface area (Å²) in [6.45, 7) is 3.15. The van der Waals surface area contributed by atoms with Gasteiger partial charge in [-0.15, -0.1) is 0 Å². The lowest BCUT2D eigenvalue weighted by Crippen LogP contribution is -2.03. The molecule has 2 N–H and O–H groups in total. The van der Waals surface area contributed by atoms with Gasteiger partial charge in [0.05, 0.1) is 5.57 Å². The number of aryl methyl sites for hydroxylation is 1. The van der Waals surface area contributed by atoms with Crippen LogP contribution in [0.2, 0.25) is 0 Å². The molecular weight excluding hydrogens is 224 g/mol. The zero-order chi connectivity index (χ0) is 13.0. The van der Waals surface area contributed by atoms with Crippen LogP contribution < -0.4 is 0 Å². The molecule has 0 saturated heterocycles. The number of hydrogen-bond donors (Lipinski definition) is 2. The first kappa shape index (κ1) is 12.8. The topological polar surface area (TPSA) is 87.7 Å². The fraction of sp³-hybridized carbons (Fsp3) is 0.167. The molecule has 5 heteroatoms. The van der Waals surface area contributed by atoms with E-state index < -0.39 is 11.9 Å². The summed E-state index contributed by atoms with van der Waals surface area (Å²) >= 11 is 0. The summed E-state index contributed by atoms with van der Waals surface area (Å²) < 4.78 is 5.20. The van der Waals surface area contributed by atoms with Crippen LogP contribution in [0.1, 0.15) is 18.4 Å². The zero-order valence-corrected chi connectivity index (χ0v) is 9.43. The molecule has 0 aromatic carbocycles. The van der Waals surface area contributed by atoms with Gasteiger partial charge >= 0.3 is 11.9 Å². The van der Waals surface area contributed by atoms with Crippen LogP contribution in [0.25, 0.3) is 6.08 Å². The quantitative estimate of drug-likeness (QED) is 0.617. The first-order chi connectivity index (χ1) is 7.90. The molecule has 5 nitrogen and oxygen atoms in total. The van der Waals surface area contributed by atoms with E-state index in [-0.39, 0.29) is 11.1 Å². The summed E-state index contributed by atoms with van der Waals surface area (Å²) in [6.07, 6.45) is 2.14. The van der Waals surface area contributed by atoms with Crippen molar-refractivity contribution in [1.29, 1.82) is 0 Å². The molecule has 0 unspecified atom stereocenters. The summed E-state index contributed by atoms with van der Waals surface area (Å²) in [5.41, 5.74) is 0.0424. The molecule has 0 aliphatic rings. The van der Waals surface area contributed by atoms with E-state index >= 15 is 0 Å². The molecule has 0 saturated carbocycles. The Balaban J connectivity index is 3.14. The Morgan fingerprint density at radius 3 is 2.35 bits per heavy atom. The Kier molecular flexibility index (Phi) is 3.87. The van der Waals surface area contributed by atoms with Crippen molar-refractivity contribution in [2.45, 2.75) is 13.8 Å². The largest absolute Gasteiger partial charge is 0.478 e. The molecule has 1 aromatic rings. The number of carboxylic acids is 2. The average molecular weight is 236 g/mol. The molecule has 0 radical (unpaired) electrons. The molecule has 90 valence electrons. The predicted molar refractivity (Wildman–Crippen MR) is 60.5 cm³/mol. The third-order valence-corrected chi connectivity index (χ3v) is 2.04. The second kappa shape index (κ2) is 5.16. The third kappa shape index (κ3) is 3.64. The zero-order valence-electron chi connectivity index (χ0n) is 9.43. The van der Waals surface area contributed by atoms with Crippen LogP contribution in [0, 0.1) is 6.92 Å². The molecule has 0 aliphatic carbocycles. The first-order valence-corrected chi connectivity index (χ1v) is 4.83. The van der Waals surface area contributed by atoms with Crippen molar-refractivity contribution < 1.29 is 24.2 Å². The van der Waals surface area contributed by atoms with Crippen LogP contribution in [0.5, 0.6) is 0 Å². The van der Waals surface area contributed by atoms with Gasteiger partial charge in [-0.25, -0.2) is 9.59 Å². The van der Waals surface area contributed by atoms with Gasteiger partial charge in [0, 0.05) is 6.08 Å². The highest BCUT2D eigenvalue weighted by molar-refractivity contribution is 5.98. The Bertz CT molecular complexity index is 505. The summed E-state index contributed by atoms with van der Waals surface area (Å²) in [5, 5.41) is 17.5. The predicted octanol–water partition coefficient (Wildman–Crippen LogP) is 2.09. The summed E-state index contributed by atoms with van der Waals surface area (Å²) in [4.78, 5) is 21.5. The normalized spacial score (nSPS) is 12.6. The van der Waals surface area contributed by atoms with E-state index in [4.69, 9.17) is 14.6 Å². The van der Waals surface area contributed by atoms with Gasteiger partial charge in [0.1, 0.15) is 11.5 Å². The molecule has 1 aromatic heterocycles. The standard InChI is InChI=1S/C12H12O5/c1-7(5-11(13)14)10(12(15)16)6-9-4-3-8(2)17-9/h3-6H,1-2H3,(H,13,14)(H,15,16). The molecule has 0 bridgehead atoms. The van der Waals surface area contributed by atoms with Crippen molar-refractivity contribution in [1.82, 2.24) is 0 Å². The maximum Gasteiger partial charge on any atom is 0.336 e. The lowest BCUT2D eigenvalue weighted by atomic mass is 10.1. The minimum Gasteiger partial charge on any atom is -0.478 e. The van der Waals surface area contributed by atoms with Crippen molar-refractivity contribution in [2.75, 3.05) is 0 Å². The van der Waals surface area contributed by atoms with Gasteiger partial charge in [-0.05, 0) is 37.6 Å².